The predicted molar refractivity (Wildman–Crippen MR) is 48.3 cm³/mol. The van der Waals surface area contributed by atoms with E-state index in [0.717, 1.165) is 0 Å². The Kier molecular flexibility index (Phi) is 1.55. The van der Waals surface area contributed by atoms with E-state index in [1.165, 1.54) is 0 Å². The van der Waals surface area contributed by atoms with Crippen LogP contribution in [0.4, 0.5) is 5.69 Å². The highest BCUT2D eigenvalue weighted by atomic mass is 32.1. The zero-order valence-electron chi connectivity index (χ0n) is 6.07. The van der Waals surface area contributed by atoms with E-state index in [0.29, 0.717) is 11.3 Å². The van der Waals surface area contributed by atoms with Gasteiger partial charge < -0.3 is 0 Å². The first kappa shape index (κ1) is 7.24. The quantitative estimate of drug-likeness (QED) is 0.599. The molecule has 0 aliphatic carbocycles. The van der Waals surface area contributed by atoms with Crippen LogP contribution in [0.5, 0.6) is 0 Å². The number of fused-ring (bicyclic) bond motifs is 1. The van der Waals surface area contributed by atoms with Crippen LogP contribution in [0.2, 0.25) is 0 Å². The Labute approximate surface area is 74.8 Å². The van der Waals surface area contributed by atoms with E-state index in [2.05, 4.69) is 10.6 Å². The molecule has 1 radical (unpaired) electrons. The number of carbonyl (C=O) groups is 1. The molecule has 1 aromatic rings. The van der Waals surface area contributed by atoms with E-state index in [4.69, 9.17) is 12.2 Å². The molecule has 3 nitrogen and oxygen atoms in total. The van der Waals surface area contributed by atoms with Gasteiger partial charge in [-0.1, -0.05) is 12.1 Å². The summed E-state index contributed by atoms with van der Waals surface area (Å²) in [6, 6.07) is 7.10. The van der Waals surface area contributed by atoms with Crippen LogP contribution in [-0.4, -0.2) is 11.0 Å². The minimum Gasteiger partial charge on any atom is -0.297 e. The van der Waals surface area contributed by atoms with Crippen LogP contribution in [0.1, 0.15) is 10.4 Å². The third kappa shape index (κ3) is 1.06. The van der Waals surface area contributed by atoms with E-state index in [1.807, 2.05) is 6.07 Å². The Morgan fingerprint density at radius 2 is 2.08 bits per heavy atom. The fourth-order valence-electron chi connectivity index (χ4n) is 1.06. The van der Waals surface area contributed by atoms with Gasteiger partial charge in [-0.2, -0.15) is 0 Å². The molecule has 1 aromatic carbocycles. The monoisotopic (exact) mass is 177 g/mol. The average Bonchev–Trinajstić information content (AvgIpc) is 2.04. The topological polar surface area (TPSA) is 43.2 Å². The van der Waals surface area contributed by atoms with Crippen molar-refractivity contribution in [3.05, 3.63) is 29.8 Å². The largest absolute Gasteiger partial charge is 0.297 e. The fraction of sp³-hybridized carbons (Fsp3) is 0. The fourth-order valence-corrected chi connectivity index (χ4v) is 1.26. The lowest BCUT2D eigenvalue weighted by molar-refractivity contribution is 0.0974. The molecule has 2 rings (SSSR count). The van der Waals surface area contributed by atoms with Crippen LogP contribution in [0.15, 0.2) is 24.3 Å². The van der Waals surface area contributed by atoms with Gasteiger partial charge in [-0.3, -0.25) is 10.1 Å². The number of hydrogen-bond donors (Lipinski definition) is 1. The predicted octanol–water partition coefficient (Wildman–Crippen LogP) is 0.951. The maximum absolute atomic E-state index is 11.2. The molecule has 59 valence electrons. The first-order valence-corrected chi connectivity index (χ1v) is 3.84. The zero-order valence-corrected chi connectivity index (χ0v) is 6.89. The molecule has 1 aliphatic heterocycles. The molecular formula is C8H5N2OS. The number of amides is 1. The number of nitrogens with zero attached hydrogens (tertiary/aromatic N) is 1. The van der Waals surface area contributed by atoms with Gasteiger partial charge >= 0.3 is 0 Å². The maximum atomic E-state index is 11.2. The molecule has 0 saturated carbocycles. The van der Waals surface area contributed by atoms with Crippen LogP contribution in [0, 0.1) is 0 Å². The van der Waals surface area contributed by atoms with Crippen molar-refractivity contribution in [1.82, 2.24) is 10.6 Å². The number of nitrogens with one attached hydrogen (secondary N) is 1. The van der Waals surface area contributed by atoms with E-state index in [-0.39, 0.29) is 11.0 Å². The van der Waals surface area contributed by atoms with Gasteiger partial charge in [-0.25, -0.2) is 5.32 Å². The third-order valence-electron chi connectivity index (χ3n) is 1.59. The SMILES string of the molecule is O=C1NC(=S)[N]c2ccccc21. The standard InChI is InChI=1S/C8H5N2OS/c11-7-5-3-1-2-4-6(5)9-8(12)10-7/h1-4H,(H,10,11,12). The highest BCUT2D eigenvalue weighted by Gasteiger charge is 2.19. The van der Waals surface area contributed by atoms with Gasteiger partial charge in [0.2, 0.25) is 0 Å². The Hall–Kier alpha value is -1.42. The summed E-state index contributed by atoms with van der Waals surface area (Å²) in [5.41, 5.74) is 1.22. The van der Waals surface area contributed by atoms with Gasteiger partial charge in [0.1, 0.15) is 0 Å². The highest BCUT2D eigenvalue weighted by Crippen LogP contribution is 2.17. The van der Waals surface area contributed by atoms with E-state index in [1.54, 1.807) is 18.2 Å². The molecule has 0 unspecified atom stereocenters. The smallest absolute Gasteiger partial charge is 0.259 e. The van der Waals surface area contributed by atoms with Gasteiger partial charge in [0, 0.05) is 0 Å². The molecule has 0 spiro atoms. The van der Waals surface area contributed by atoms with Crippen molar-refractivity contribution in [2.24, 2.45) is 0 Å². The normalized spacial score (nSPS) is 14.7. The number of para-hydroxylation sites is 1. The summed E-state index contributed by atoms with van der Waals surface area (Å²) in [5, 5.41) is 6.69. The molecule has 12 heavy (non-hydrogen) atoms. The minimum absolute atomic E-state index is 0.175. The van der Waals surface area contributed by atoms with E-state index < -0.39 is 0 Å². The molecule has 1 amide bonds. The number of rotatable bonds is 0. The van der Waals surface area contributed by atoms with Gasteiger partial charge in [-0.15, -0.1) is 0 Å². The van der Waals surface area contributed by atoms with Crippen molar-refractivity contribution in [1.29, 1.82) is 0 Å². The van der Waals surface area contributed by atoms with Crippen LogP contribution in [-0.2, 0) is 0 Å². The Morgan fingerprint density at radius 3 is 2.92 bits per heavy atom. The summed E-state index contributed by atoms with van der Waals surface area (Å²) in [4.78, 5) is 11.2. The number of carbonyl (C=O) groups excluding carboxylic acids is 1. The first-order valence-electron chi connectivity index (χ1n) is 3.43. The second-order valence-electron chi connectivity index (χ2n) is 2.39. The Morgan fingerprint density at radius 1 is 1.33 bits per heavy atom. The van der Waals surface area contributed by atoms with Crippen molar-refractivity contribution < 1.29 is 4.79 Å². The first-order chi connectivity index (χ1) is 5.77. The molecule has 1 N–H and O–H groups in total. The Balaban J connectivity index is 2.54. The third-order valence-corrected chi connectivity index (χ3v) is 1.78. The second kappa shape index (κ2) is 2.57. The lowest BCUT2D eigenvalue weighted by atomic mass is 10.1. The highest BCUT2D eigenvalue weighted by molar-refractivity contribution is 7.80. The molecule has 0 atom stereocenters. The second-order valence-corrected chi connectivity index (χ2v) is 2.77. The molecule has 0 aromatic heterocycles. The molecule has 1 heterocycles. The lowest BCUT2D eigenvalue weighted by Crippen LogP contribution is -2.38. The van der Waals surface area contributed by atoms with Gasteiger partial charge in [0.05, 0.1) is 11.3 Å². The van der Waals surface area contributed by atoms with E-state index in [9.17, 15) is 4.79 Å². The van der Waals surface area contributed by atoms with Crippen LogP contribution < -0.4 is 10.6 Å². The number of hydrogen-bond acceptors (Lipinski definition) is 2. The molecule has 0 bridgehead atoms. The molecule has 0 fully saturated rings. The Bertz CT molecular complexity index is 362. The number of thiocarbonyl (C=S) groups is 1. The van der Waals surface area contributed by atoms with Gasteiger partial charge in [0.25, 0.3) is 5.91 Å². The number of benzene rings is 1. The van der Waals surface area contributed by atoms with Crippen LogP contribution in [0.3, 0.4) is 0 Å². The minimum atomic E-state index is -0.175. The summed E-state index contributed by atoms with van der Waals surface area (Å²) in [5.74, 6) is -0.175. The van der Waals surface area contributed by atoms with Gasteiger partial charge in [0.15, 0.2) is 5.11 Å². The summed E-state index contributed by atoms with van der Waals surface area (Å²) >= 11 is 4.76. The lowest BCUT2D eigenvalue weighted by Gasteiger charge is -2.15. The van der Waals surface area contributed by atoms with Crippen molar-refractivity contribution in [3.63, 3.8) is 0 Å². The van der Waals surface area contributed by atoms with Crippen molar-refractivity contribution >= 4 is 28.9 Å². The summed E-state index contributed by atoms with van der Waals surface area (Å²) in [6.07, 6.45) is 0. The summed E-state index contributed by atoms with van der Waals surface area (Å²) in [7, 11) is 0. The van der Waals surface area contributed by atoms with Crippen LogP contribution in [0.25, 0.3) is 0 Å². The van der Waals surface area contributed by atoms with Crippen molar-refractivity contribution in [2.45, 2.75) is 0 Å². The molecule has 4 heteroatoms. The summed E-state index contributed by atoms with van der Waals surface area (Å²) < 4.78 is 0. The molecular weight excluding hydrogens is 172 g/mol. The van der Waals surface area contributed by atoms with Crippen molar-refractivity contribution in [3.8, 4) is 0 Å². The van der Waals surface area contributed by atoms with Crippen molar-refractivity contribution in [2.75, 3.05) is 0 Å². The summed E-state index contributed by atoms with van der Waals surface area (Å²) in [6.45, 7) is 0. The zero-order chi connectivity index (χ0) is 8.55. The molecule has 0 saturated heterocycles. The van der Waals surface area contributed by atoms with E-state index >= 15 is 0 Å². The molecule has 1 aliphatic rings. The average molecular weight is 177 g/mol. The maximum Gasteiger partial charge on any atom is 0.259 e. The van der Waals surface area contributed by atoms with Crippen LogP contribution >= 0.6 is 12.2 Å². The van der Waals surface area contributed by atoms with Gasteiger partial charge in [-0.05, 0) is 24.4 Å².